The van der Waals surface area contributed by atoms with E-state index in [9.17, 15) is 14.8 Å². The van der Waals surface area contributed by atoms with Gasteiger partial charge in [-0.1, -0.05) is 20.8 Å². The molecule has 3 rings (SSSR count). The summed E-state index contributed by atoms with van der Waals surface area (Å²) in [6.45, 7) is 9.79. The van der Waals surface area contributed by atoms with Crippen LogP contribution in [0.4, 0.5) is 15.3 Å². The lowest BCUT2D eigenvalue weighted by molar-refractivity contribution is -0.864. The maximum atomic E-state index is 12.7. The van der Waals surface area contributed by atoms with Crippen LogP contribution in [0.25, 0.3) is 11.0 Å². The molecule has 1 aliphatic heterocycles. The molecule has 1 aromatic carbocycles. The van der Waals surface area contributed by atoms with Gasteiger partial charge in [0.25, 0.3) is 5.24 Å². The highest BCUT2D eigenvalue weighted by atomic mass is 32.2. The molecule has 0 spiro atoms. The Morgan fingerprint density at radius 2 is 1.94 bits per heavy atom. The molecule has 1 aliphatic rings. The van der Waals surface area contributed by atoms with Gasteiger partial charge in [0, 0.05) is 23.4 Å². The van der Waals surface area contributed by atoms with Crippen molar-refractivity contribution < 1.29 is 23.7 Å². The fourth-order valence-corrected chi connectivity index (χ4v) is 4.19. The zero-order valence-electron chi connectivity index (χ0n) is 19.4. The van der Waals surface area contributed by atoms with E-state index in [1.807, 2.05) is 25.1 Å². The minimum absolute atomic E-state index is 0.232. The Kier molecular flexibility index (Phi) is 7.03. The summed E-state index contributed by atoms with van der Waals surface area (Å²) in [6, 6.07) is 3.37. The number of carbonyl (C=O) groups excluding carboxylic acids is 2. The largest absolute Gasteiger partial charge is 0.633 e. The van der Waals surface area contributed by atoms with Gasteiger partial charge in [-0.15, -0.1) is 0 Å². The van der Waals surface area contributed by atoms with Gasteiger partial charge >= 0.3 is 6.09 Å². The fraction of sp³-hybridized carbons (Fsp3) is 0.571. The van der Waals surface area contributed by atoms with E-state index in [-0.39, 0.29) is 16.5 Å². The second-order valence-electron chi connectivity index (χ2n) is 8.94. The van der Waals surface area contributed by atoms with Gasteiger partial charge in [-0.3, -0.25) is 4.79 Å². The topological polar surface area (TPSA) is 109 Å². The van der Waals surface area contributed by atoms with Crippen molar-refractivity contribution in [3.8, 4) is 5.75 Å². The summed E-state index contributed by atoms with van der Waals surface area (Å²) in [7, 11) is 3.15. The predicted molar refractivity (Wildman–Crippen MR) is 125 cm³/mol. The van der Waals surface area contributed by atoms with E-state index in [1.165, 1.54) is 11.7 Å². The van der Waals surface area contributed by atoms with Gasteiger partial charge in [0.2, 0.25) is 0 Å². The highest BCUT2D eigenvalue weighted by Crippen LogP contribution is 2.34. The average molecular weight is 466 g/mol. The molecule has 1 N–H and O–H groups in total. The quantitative estimate of drug-likeness (QED) is 0.413. The van der Waals surface area contributed by atoms with E-state index < -0.39 is 11.5 Å². The molecule has 1 aromatic heterocycles. The normalized spacial score (nSPS) is 16.7. The van der Waals surface area contributed by atoms with Crippen LogP contribution in [-0.4, -0.2) is 76.8 Å². The Labute approximate surface area is 192 Å². The van der Waals surface area contributed by atoms with Crippen molar-refractivity contribution in [2.75, 3.05) is 52.3 Å². The molecule has 0 bridgehead atoms. The van der Waals surface area contributed by atoms with Crippen molar-refractivity contribution in [2.24, 2.45) is 0 Å². The molecule has 2 aromatic rings. The van der Waals surface area contributed by atoms with Crippen molar-refractivity contribution in [2.45, 2.75) is 33.1 Å². The maximum absolute atomic E-state index is 12.7. The predicted octanol–water partition coefficient (Wildman–Crippen LogP) is 3.79. The van der Waals surface area contributed by atoms with E-state index in [2.05, 4.69) is 10.3 Å². The molecular formula is C21H31N5O5S. The summed E-state index contributed by atoms with van der Waals surface area (Å²) in [6.07, 6.45) is -0.524. The smallest absolute Gasteiger partial charge is 0.419 e. The number of hydrogen-bond acceptors (Lipinski definition) is 8. The summed E-state index contributed by atoms with van der Waals surface area (Å²) < 4.78 is 13.7. The van der Waals surface area contributed by atoms with Gasteiger partial charge in [0.1, 0.15) is 11.6 Å². The molecule has 32 heavy (non-hydrogen) atoms. The van der Waals surface area contributed by atoms with Gasteiger partial charge in [0.15, 0.2) is 0 Å². The minimum Gasteiger partial charge on any atom is -0.633 e. The zero-order valence-corrected chi connectivity index (χ0v) is 20.2. The lowest BCUT2D eigenvalue weighted by Gasteiger charge is -2.44. The molecule has 1 amide bonds. The van der Waals surface area contributed by atoms with Crippen LogP contribution >= 0.6 is 11.9 Å². The number of nitrogens with zero attached hydrogens (tertiary/aromatic N) is 4. The molecule has 0 saturated carbocycles. The zero-order chi connectivity index (χ0) is 23.7. The molecule has 11 heteroatoms. The van der Waals surface area contributed by atoms with Crippen LogP contribution in [0.5, 0.6) is 5.75 Å². The van der Waals surface area contributed by atoms with Crippen molar-refractivity contribution in [1.29, 1.82) is 0 Å². The van der Waals surface area contributed by atoms with E-state index in [4.69, 9.17) is 9.47 Å². The second kappa shape index (κ2) is 9.26. The van der Waals surface area contributed by atoms with E-state index in [0.29, 0.717) is 54.5 Å². The number of methoxy groups -OCH3 is 1. The van der Waals surface area contributed by atoms with Crippen molar-refractivity contribution in [3.05, 3.63) is 23.2 Å². The number of ether oxygens (including phenoxy) is 2. The van der Waals surface area contributed by atoms with Crippen LogP contribution < -0.4 is 10.1 Å². The highest BCUT2D eigenvalue weighted by Gasteiger charge is 2.29. The first-order valence-corrected chi connectivity index (χ1v) is 11.3. The first-order chi connectivity index (χ1) is 14.9. The van der Waals surface area contributed by atoms with Crippen molar-refractivity contribution in [1.82, 2.24) is 13.9 Å². The van der Waals surface area contributed by atoms with Gasteiger partial charge in [-0.05, 0) is 13.0 Å². The average Bonchev–Trinajstić information content (AvgIpc) is 3.08. The van der Waals surface area contributed by atoms with Crippen molar-refractivity contribution in [3.63, 3.8) is 0 Å². The first-order valence-electron chi connectivity index (χ1n) is 10.5. The monoisotopic (exact) mass is 465 g/mol. The number of hydroxylamine groups is 3. The van der Waals surface area contributed by atoms with Crippen molar-refractivity contribution >= 4 is 40.0 Å². The summed E-state index contributed by atoms with van der Waals surface area (Å²) in [5.74, 6) is 0.987. The number of hydrogen-bond donors (Lipinski definition) is 1. The molecule has 0 radical (unpaired) electrons. The number of benzene rings is 1. The Morgan fingerprint density at radius 3 is 2.50 bits per heavy atom. The maximum Gasteiger partial charge on any atom is 0.419 e. The molecule has 10 nitrogen and oxygen atoms in total. The van der Waals surface area contributed by atoms with Gasteiger partial charge < -0.3 is 24.6 Å². The Balaban J connectivity index is 1.92. The van der Waals surface area contributed by atoms with Gasteiger partial charge in [-0.2, -0.15) is 0 Å². The Hall–Kier alpha value is -2.34. The summed E-state index contributed by atoms with van der Waals surface area (Å²) in [5.41, 5.74) is 1.09. The van der Waals surface area contributed by atoms with Crippen LogP contribution in [0.3, 0.4) is 0 Å². The number of piperazine rings is 1. The number of rotatable bonds is 4. The molecule has 2 heterocycles. The van der Waals surface area contributed by atoms with E-state index in [1.54, 1.807) is 26.1 Å². The number of quaternary nitrogens is 1. The Morgan fingerprint density at radius 1 is 1.28 bits per heavy atom. The molecule has 1 saturated heterocycles. The summed E-state index contributed by atoms with van der Waals surface area (Å²) >= 11 is 1.03. The molecular weight excluding hydrogens is 434 g/mol. The van der Waals surface area contributed by atoms with E-state index in [0.717, 1.165) is 11.9 Å². The number of carbonyl (C=O) groups is 2. The number of anilines is 1. The number of amides is 1. The fourth-order valence-electron chi connectivity index (χ4n) is 3.46. The van der Waals surface area contributed by atoms with Crippen LogP contribution in [-0.2, 0) is 10.2 Å². The molecule has 176 valence electrons. The molecule has 0 aliphatic carbocycles. The lowest BCUT2D eigenvalue weighted by Crippen LogP contribution is -2.52. The second-order valence-corrected chi connectivity index (χ2v) is 10.0. The third kappa shape index (κ3) is 5.34. The third-order valence-electron chi connectivity index (χ3n) is 5.19. The standard InChI is InChI=1S/C21H31N5O5S/c1-7-31-20(28)25-16-12-15(17(30-6)13-14(16)22-18(25)21(2,3)4)23-19(27)32-24-8-10-26(5,29)11-9-24/h12-13H,7-11H2,1-6H3,(H,23,27). The number of aromatic nitrogens is 2. The number of nitrogens with one attached hydrogen (secondary N) is 1. The van der Waals surface area contributed by atoms with E-state index >= 15 is 0 Å². The molecule has 1 fully saturated rings. The van der Waals surface area contributed by atoms with Crippen LogP contribution in [0.1, 0.15) is 33.5 Å². The minimum atomic E-state index is -0.524. The van der Waals surface area contributed by atoms with Gasteiger partial charge in [-0.25, -0.2) is 18.7 Å². The number of fused-ring (bicyclic) bond motifs is 1. The SMILES string of the molecule is CCOC(=O)n1c(C(C)(C)C)nc2cc(OC)c(NC(=O)SN3CC[N+](C)([O-])CC3)cc21. The van der Waals surface area contributed by atoms with Crippen LogP contribution in [0.2, 0.25) is 0 Å². The first kappa shape index (κ1) is 24.3. The van der Waals surface area contributed by atoms with Gasteiger partial charge in [0.05, 0.1) is 63.7 Å². The van der Waals surface area contributed by atoms with Crippen LogP contribution in [0.15, 0.2) is 12.1 Å². The van der Waals surface area contributed by atoms with Crippen LogP contribution in [0, 0.1) is 5.21 Å². The highest BCUT2D eigenvalue weighted by molar-refractivity contribution is 8.11. The molecule has 0 atom stereocenters. The number of imidazole rings is 1. The third-order valence-corrected chi connectivity index (χ3v) is 6.08. The number of likely N-dealkylation sites (N-methyl/N-ethyl adjacent to an activating group) is 1. The lowest BCUT2D eigenvalue weighted by atomic mass is 9.96. The summed E-state index contributed by atoms with van der Waals surface area (Å²) in [5, 5.41) is 14.5. The molecule has 0 unspecified atom stereocenters. The Bertz CT molecular complexity index is 1000. The summed E-state index contributed by atoms with van der Waals surface area (Å²) in [4.78, 5) is 30.1.